The zero-order valence-electron chi connectivity index (χ0n) is 10.3. The van der Waals surface area contributed by atoms with Crippen LogP contribution in [-0.4, -0.2) is 38.4 Å². The molecule has 0 amide bonds. The molecule has 2 fully saturated rings. The lowest BCUT2D eigenvalue weighted by Crippen LogP contribution is -2.45. The molecule has 5 nitrogen and oxygen atoms in total. The molecule has 0 N–H and O–H groups in total. The molecule has 3 aliphatic rings. The van der Waals surface area contributed by atoms with Crippen LogP contribution in [0.3, 0.4) is 0 Å². The Kier molecular flexibility index (Phi) is 2.66. The van der Waals surface area contributed by atoms with Crippen LogP contribution in [-0.2, 0) is 23.8 Å². The van der Waals surface area contributed by atoms with Gasteiger partial charge in [-0.05, 0) is 18.8 Å². The number of carbonyl (C=O) groups excluding carboxylic acids is 2. The van der Waals surface area contributed by atoms with Gasteiger partial charge in [-0.3, -0.25) is 9.59 Å². The van der Waals surface area contributed by atoms with Gasteiger partial charge in [0.15, 0.2) is 5.41 Å². The Morgan fingerprint density at radius 3 is 2.67 bits per heavy atom. The fourth-order valence-corrected chi connectivity index (χ4v) is 3.05. The maximum Gasteiger partial charge on any atom is 0.324 e. The number of esters is 2. The number of allylic oxidation sites excluding steroid dienone is 2. The van der Waals surface area contributed by atoms with Gasteiger partial charge in [-0.1, -0.05) is 12.2 Å². The molecule has 0 aromatic rings. The summed E-state index contributed by atoms with van der Waals surface area (Å²) in [5.41, 5.74) is -1.12. The Balaban J connectivity index is 1.79. The molecule has 0 aromatic heterocycles. The zero-order valence-corrected chi connectivity index (χ0v) is 10.3. The van der Waals surface area contributed by atoms with Crippen molar-refractivity contribution < 1.29 is 23.8 Å². The van der Waals surface area contributed by atoms with Crippen molar-refractivity contribution in [3.8, 4) is 0 Å². The van der Waals surface area contributed by atoms with E-state index in [2.05, 4.69) is 6.08 Å². The lowest BCUT2D eigenvalue weighted by Gasteiger charge is -2.29. The SMILES string of the molecule is COC(=O)C1(C(=O)OCC2CO2)CC2C=CC1C2. The van der Waals surface area contributed by atoms with Crippen molar-refractivity contribution in [3.63, 3.8) is 0 Å². The van der Waals surface area contributed by atoms with Crippen molar-refractivity contribution in [1.29, 1.82) is 0 Å². The minimum Gasteiger partial charge on any atom is -0.468 e. The quantitative estimate of drug-likeness (QED) is 0.319. The molecule has 5 heteroatoms. The topological polar surface area (TPSA) is 65.1 Å². The number of ether oxygens (including phenoxy) is 3. The van der Waals surface area contributed by atoms with E-state index in [1.807, 2.05) is 6.08 Å². The van der Waals surface area contributed by atoms with Crippen LogP contribution in [0.1, 0.15) is 12.8 Å². The molecule has 2 aliphatic carbocycles. The van der Waals surface area contributed by atoms with Crippen LogP contribution in [0.4, 0.5) is 0 Å². The summed E-state index contributed by atoms with van der Waals surface area (Å²) < 4.78 is 15.1. The second-order valence-electron chi connectivity index (χ2n) is 5.21. The van der Waals surface area contributed by atoms with E-state index in [0.29, 0.717) is 18.9 Å². The number of rotatable bonds is 4. The van der Waals surface area contributed by atoms with Crippen LogP contribution < -0.4 is 0 Å². The van der Waals surface area contributed by atoms with Crippen LogP contribution >= 0.6 is 0 Å². The van der Waals surface area contributed by atoms with Crippen molar-refractivity contribution >= 4 is 11.9 Å². The first-order chi connectivity index (χ1) is 8.66. The van der Waals surface area contributed by atoms with E-state index in [4.69, 9.17) is 14.2 Å². The maximum atomic E-state index is 12.3. The monoisotopic (exact) mass is 252 g/mol. The predicted octanol–water partition coefficient (Wildman–Crippen LogP) is 0.684. The number of hydrogen-bond donors (Lipinski definition) is 0. The third kappa shape index (κ3) is 1.65. The zero-order chi connectivity index (χ0) is 12.8. The summed E-state index contributed by atoms with van der Waals surface area (Å²) in [6.07, 6.45) is 5.37. The molecule has 1 aliphatic heterocycles. The van der Waals surface area contributed by atoms with Gasteiger partial charge in [-0.15, -0.1) is 0 Å². The van der Waals surface area contributed by atoms with Gasteiger partial charge in [0.1, 0.15) is 12.7 Å². The highest BCUT2D eigenvalue weighted by atomic mass is 16.6. The Bertz CT molecular complexity index is 412. The van der Waals surface area contributed by atoms with Crippen LogP contribution in [0, 0.1) is 17.3 Å². The van der Waals surface area contributed by atoms with Gasteiger partial charge < -0.3 is 14.2 Å². The molecule has 1 heterocycles. The van der Waals surface area contributed by atoms with Crippen molar-refractivity contribution in [1.82, 2.24) is 0 Å². The summed E-state index contributed by atoms with van der Waals surface area (Å²) in [7, 11) is 1.32. The molecule has 4 unspecified atom stereocenters. The largest absolute Gasteiger partial charge is 0.468 e. The highest BCUT2D eigenvalue weighted by Crippen LogP contribution is 2.53. The number of carbonyl (C=O) groups is 2. The van der Waals surface area contributed by atoms with Crippen LogP contribution in [0.5, 0.6) is 0 Å². The van der Waals surface area contributed by atoms with E-state index in [-0.39, 0.29) is 18.6 Å². The number of epoxide rings is 1. The molecule has 98 valence electrons. The van der Waals surface area contributed by atoms with Gasteiger partial charge >= 0.3 is 11.9 Å². The van der Waals surface area contributed by atoms with Gasteiger partial charge in [-0.25, -0.2) is 0 Å². The van der Waals surface area contributed by atoms with E-state index >= 15 is 0 Å². The molecule has 2 bridgehead atoms. The summed E-state index contributed by atoms with van der Waals surface area (Å²) in [4.78, 5) is 24.3. The third-order valence-electron chi connectivity index (χ3n) is 4.11. The molecule has 4 atom stereocenters. The molecule has 3 rings (SSSR count). The van der Waals surface area contributed by atoms with Crippen LogP contribution in [0.15, 0.2) is 12.2 Å². The van der Waals surface area contributed by atoms with Crippen LogP contribution in [0.2, 0.25) is 0 Å². The number of methoxy groups -OCH3 is 1. The second-order valence-corrected chi connectivity index (χ2v) is 5.21. The first-order valence-corrected chi connectivity index (χ1v) is 6.22. The first-order valence-electron chi connectivity index (χ1n) is 6.22. The van der Waals surface area contributed by atoms with Crippen molar-refractivity contribution in [2.45, 2.75) is 18.9 Å². The second kappa shape index (κ2) is 4.09. The lowest BCUT2D eigenvalue weighted by atomic mass is 9.75. The Hall–Kier alpha value is -1.36. The van der Waals surface area contributed by atoms with Crippen molar-refractivity contribution in [2.24, 2.45) is 17.3 Å². The summed E-state index contributed by atoms with van der Waals surface area (Å²) in [6, 6.07) is 0. The standard InChI is InChI=1S/C13H16O5/c1-16-11(14)13(5-8-2-3-9(13)4-8)12(15)18-7-10-6-17-10/h2-3,8-10H,4-7H2,1H3. The Morgan fingerprint density at radius 2 is 2.17 bits per heavy atom. The molecule has 0 radical (unpaired) electrons. The summed E-state index contributed by atoms with van der Waals surface area (Å²) in [5, 5.41) is 0. The molecule has 0 aromatic carbocycles. The van der Waals surface area contributed by atoms with Gasteiger partial charge in [0.25, 0.3) is 0 Å². The highest BCUT2D eigenvalue weighted by Gasteiger charge is 2.60. The van der Waals surface area contributed by atoms with E-state index in [0.717, 1.165) is 6.42 Å². The summed E-state index contributed by atoms with van der Waals surface area (Å²) >= 11 is 0. The Labute approximate surface area is 105 Å². The summed E-state index contributed by atoms with van der Waals surface area (Å²) in [6.45, 7) is 0.864. The van der Waals surface area contributed by atoms with E-state index in [1.54, 1.807) is 0 Å². The average molecular weight is 252 g/mol. The van der Waals surface area contributed by atoms with E-state index in [1.165, 1.54) is 7.11 Å². The van der Waals surface area contributed by atoms with Gasteiger partial charge in [-0.2, -0.15) is 0 Å². The molecule has 1 saturated carbocycles. The normalized spacial score (nSPS) is 39.7. The lowest BCUT2D eigenvalue weighted by molar-refractivity contribution is -0.173. The third-order valence-corrected chi connectivity index (χ3v) is 4.11. The maximum absolute atomic E-state index is 12.3. The van der Waals surface area contributed by atoms with Gasteiger partial charge in [0.05, 0.1) is 13.7 Å². The first kappa shape index (κ1) is 11.7. The number of hydrogen-bond acceptors (Lipinski definition) is 5. The molecular weight excluding hydrogens is 236 g/mol. The van der Waals surface area contributed by atoms with Crippen LogP contribution in [0.25, 0.3) is 0 Å². The van der Waals surface area contributed by atoms with Crippen molar-refractivity contribution in [2.75, 3.05) is 20.3 Å². The smallest absolute Gasteiger partial charge is 0.324 e. The molecule has 1 saturated heterocycles. The fourth-order valence-electron chi connectivity index (χ4n) is 3.05. The number of fused-ring (bicyclic) bond motifs is 2. The minimum absolute atomic E-state index is 0.0118. The molecular formula is C13H16O5. The Morgan fingerprint density at radius 1 is 1.39 bits per heavy atom. The van der Waals surface area contributed by atoms with E-state index in [9.17, 15) is 9.59 Å². The fraction of sp³-hybridized carbons (Fsp3) is 0.692. The van der Waals surface area contributed by atoms with Gasteiger partial charge in [0, 0.05) is 5.92 Å². The predicted molar refractivity (Wildman–Crippen MR) is 60.5 cm³/mol. The van der Waals surface area contributed by atoms with Crippen molar-refractivity contribution in [3.05, 3.63) is 12.2 Å². The van der Waals surface area contributed by atoms with E-state index < -0.39 is 17.4 Å². The minimum atomic E-state index is -1.12. The highest BCUT2D eigenvalue weighted by molar-refractivity contribution is 6.01. The summed E-state index contributed by atoms with van der Waals surface area (Å²) in [5.74, 6) is -0.718. The average Bonchev–Trinajstić information content (AvgIpc) is 3.00. The van der Waals surface area contributed by atoms with Gasteiger partial charge in [0.2, 0.25) is 0 Å². The molecule has 18 heavy (non-hydrogen) atoms. The molecule has 0 spiro atoms.